The van der Waals surface area contributed by atoms with Gasteiger partial charge in [0.25, 0.3) is 5.91 Å². The van der Waals surface area contributed by atoms with Crippen LogP contribution in [0.15, 0.2) is 18.2 Å². The number of amides is 1. The van der Waals surface area contributed by atoms with E-state index in [9.17, 15) is 4.79 Å². The Hall–Kier alpha value is -1.23. The second-order valence-corrected chi connectivity index (χ2v) is 5.86. The van der Waals surface area contributed by atoms with Crippen LogP contribution in [-0.4, -0.2) is 35.5 Å². The van der Waals surface area contributed by atoms with Crippen molar-refractivity contribution in [2.24, 2.45) is 0 Å². The highest BCUT2D eigenvalue weighted by Crippen LogP contribution is 2.42. The van der Waals surface area contributed by atoms with Crippen LogP contribution in [0, 0.1) is 0 Å². The first-order valence-corrected chi connectivity index (χ1v) is 7.40. The van der Waals surface area contributed by atoms with E-state index in [0.29, 0.717) is 11.5 Å². The Balaban J connectivity index is 1.95. The number of rotatable bonds is 5. The first-order valence-electron chi connectivity index (χ1n) is 6.17. The van der Waals surface area contributed by atoms with Crippen molar-refractivity contribution in [3.63, 3.8) is 0 Å². The summed E-state index contributed by atoms with van der Waals surface area (Å²) in [7, 11) is 1.79. The molecule has 0 unspecified atom stereocenters. The van der Waals surface area contributed by atoms with E-state index in [1.165, 1.54) is 19.3 Å². The Morgan fingerprint density at radius 1 is 1.50 bits per heavy atom. The van der Waals surface area contributed by atoms with E-state index in [2.05, 4.69) is 21.9 Å². The van der Waals surface area contributed by atoms with Gasteiger partial charge in [-0.05, 0) is 31.2 Å². The van der Waals surface area contributed by atoms with Gasteiger partial charge in [0.1, 0.15) is 11.5 Å². The molecule has 1 aromatic rings. The Morgan fingerprint density at radius 3 is 2.83 bits per heavy atom. The van der Waals surface area contributed by atoms with Crippen molar-refractivity contribution in [3.05, 3.63) is 23.9 Å². The van der Waals surface area contributed by atoms with Gasteiger partial charge in [0.15, 0.2) is 0 Å². The number of aromatic nitrogens is 1. The Labute approximate surface area is 112 Å². The van der Waals surface area contributed by atoms with Gasteiger partial charge in [0.05, 0.1) is 0 Å². The molecule has 1 fully saturated rings. The maximum atomic E-state index is 12.0. The molecule has 0 saturated heterocycles. The Kier molecular flexibility index (Phi) is 4.11. The number of nitrogens with zero attached hydrogens (tertiary/aromatic N) is 1. The Morgan fingerprint density at radius 2 is 2.28 bits per heavy atom. The summed E-state index contributed by atoms with van der Waals surface area (Å²) in [6.45, 7) is 0.735. The summed E-state index contributed by atoms with van der Waals surface area (Å²) in [6.07, 6.45) is 5.77. The van der Waals surface area contributed by atoms with Crippen molar-refractivity contribution < 1.29 is 4.79 Å². The summed E-state index contributed by atoms with van der Waals surface area (Å²) in [5, 5.41) is 5.93. The van der Waals surface area contributed by atoms with Crippen molar-refractivity contribution in [1.82, 2.24) is 10.3 Å². The smallest absolute Gasteiger partial charge is 0.270 e. The zero-order valence-electron chi connectivity index (χ0n) is 10.8. The monoisotopic (exact) mass is 265 g/mol. The first kappa shape index (κ1) is 13.2. The number of carbonyl (C=O) groups excluding carboxylic acids is 1. The molecule has 1 aliphatic rings. The molecule has 2 rings (SSSR count). The highest BCUT2D eigenvalue weighted by molar-refractivity contribution is 8.00. The number of hydrogen-bond donors (Lipinski definition) is 2. The van der Waals surface area contributed by atoms with Gasteiger partial charge in [-0.15, -0.1) is 0 Å². The molecule has 1 saturated carbocycles. The van der Waals surface area contributed by atoms with Crippen LogP contribution in [-0.2, 0) is 0 Å². The summed E-state index contributed by atoms with van der Waals surface area (Å²) < 4.78 is 0.260. The normalized spacial score (nSPS) is 16.8. The molecule has 98 valence electrons. The summed E-state index contributed by atoms with van der Waals surface area (Å²) >= 11 is 1.86. The van der Waals surface area contributed by atoms with E-state index in [1.807, 2.05) is 23.9 Å². The summed E-state index contributed by atoms with van der Waals surface area (Å²) in [5.74, 6) is 0.623. The zero-order chi connectivity index (χ0) is 13.0. The molecule has 1 aliphatic carbocycles. The highest BCUT2D eigenvalue weighted by Gasteiger charge is 2.36. The Bertz CT molecular complexity index is 426. The molecule has 1 heterocycles. The minimum Gasteiger partial charge on any atom is -0.373 e. The van der Waals surface area contributed by atoms with Crippen LogP contribution in [0.5, 0.6) is 0 Å². The largest absolute Gasteiger partial charge is 0.373 e. The molecule has 1 amide bonds. The lowest BCUT2D eigenvalue weighted by atomic mass is 9.84. The van der Waals surface area contributed by atoms with Gasteiger partial charge in [-0.3, -0.25) is 4.79 Å². The predicted octanol–water partition coefficient (Wildman–Crippen LogP) is 2.14. The number of anilines is 1. The van der Waals surface area contributed by atoms with Gasteiger partial charge >= 0.3 is 0 Å². The summed E-state index contributed by atoms with van der Waals surface area (Å²) in [5.41, 5.74) is 0.470. The van der Waals surface area contributed by atoms with E-state index in [-0.39, 0.29) is 10.7 Å². The van der Waals surface area contributed by atoms with E-state index >= 15 is 0 Å². The van der Waals surface area contributed by atoms with Crippen LogP contribution in [0.1, 0.15) is 29.8 Å². The van der Waals surface area contributed by atoms with Gasteiger partial charge in [-0.25, -0.2) is 4.98 Å². The van der Waals surface area contributed by atoms with Gasteiger partial charge < -0.3 is 10.6 Å². The molecule has 0 aromatic carbocycles. The summed E-state index contributed by atoms with van der Waals surface area (Å²) in [4.78, 5) is 16.2. The number of nitrogens with one attached hydrogen (secondary N) is 2. The highest BCUT2D eigenvalue weighted by atomic mass is 32.2. The third-order valence-electron chi connectivity index (χ3n) is 3.51. The van der Waals surface area contributed by atoms with Gasteiger partial charge in [0.2, 0.25) is 0 Å². The lowest BCUT2D eigenvalue weighted by Crippen LogP contribution is -2.45. The van der Waals surface area contributed by atoms with Gasteiger partial charge in [-0.1, -0.05) is 12.5 Å². The van der Waals surface area contributed by atoms with E-state index in [4.69, 9.17) is 0 Å². The van der Waals surface area contributed by atoms with Crippen molar-refractivity contribution in [3.8, 4) is 0 Å². The second-order valence-electron chi connectivity index (χ2n) is 4.58. The van der Waals surface area contributed by atoms with Crippen LogP contribution >= 0.6 is 11.8 Å². The minimum absolute atomic E-state index is 0.0903. The van der Waals surface area contributed by atoms with E-state index < -0.39 is 0 Å². The third kappa shape index (κ3) is 2.77. The molecule has 18 heavy (non-hydrogen) atoms. The first-order chi connectivity index (χ1) is 8.69. The minimum atomic E-state index is -0.0903. The van der Waals surface area contributed by atoms with Crippen LogP contribution < -0.4 is 10.6 Å². The number of hydrogen-bond acceptors (Lipinski definition) is 4. The fourth-order valence-corrected chi connectivity index (χ4v) is 2.97. The molecule has 0 atom stereocenters. The van der Waals surface area contributed by atoms with Crippen LogP contribution in [0.2, 0.25) is 0 Å². The fraction of sp³-hybridized carbons (Fsp3) is 0.538. The molecule has 0 aliphatic heterocycles. The maximum absolute atomic E-state index is 12.0. The van der Waals surface area contributed by atoms with E-state index in [1.54, 1.807) is 13.1 Å². The molecule has 2 N–H and O–H groups in total. The predicted molar refractivity (Wildman–Crippen MR) is 76.2 cm³/mol. The second kappa shape index (κ2) is 5.61. The molecule has 0 bridgehead atoms. The topological polar surface area (TPSA) is 54.0 Å². The quantitative estimate of drug-likeness (QED) is 0.856. The molecular weight excluding hydrogens is 246 g/mol. The molecule has 5 heteroatoms. The third-order valence-corrected chi connectivity index (χ3v) is 4.93. The molecule has 4 nitrogen and oxygen atoms in total. The fourth-order valence-electron chi connectivity index (χ4n) is 2.06. The van der Waals surface area contributed by atoms with Crippen molar-refractivity contribution in [1.29, 1.82) is 0 Å². The molecule has 0 radical (unpaired) electrons. The van der Waals surface area contributed by atoms with Gasteiger partial charge in [0, 0.05) is 18.3 Å². The van der Waals surface area contributed by atoms with Crippen LogP contribution in [0.3, 0.4) is 0 Å². The molecular formula is C13H19N3OS. The standard InChI is InChI=1S/C13H19N3OS/c1-14-11-6-3-5-10(16-11)12(17)15-9-13(18-2)7-4-8-13/h3,5-6H,4,7-9H2,1-2H3,(H,14,16)(H,15,17). The molecule has 1 aromatic heterocycles. The molecule has 0 spiro atoms. The van der Waals surface area contributed by atoms with E-state index in [0.717, 1.165) is 6.54 Å². The van der Waals surface area contributed by atoms with Crippen molar-refractivity contribution in [2.45, 2.75) is 24.0 Å². The number of carbonyl (C=O) groups is 1. The average Bonchev–Trinajstić information content (AvgIpc) is 2.38. The average molecular weight is 265 g/mol. The lowest BCUT2D eigenvalue weighted by Gasteiger charge is -2.40. The maximum Gasteiger partial charge on any atom is 0.270 e. The summed E-state index contributed by atoms with van der Waals surface area (Å²) in [6, 6.07) is 5.41. The van der Waals surface area contributed by atoms with Crippen molar-refractivity contribution >= 4 is 23.5 Å². The van der Waals surface area contributed by atoms with Crippen molar-refractivity contribution in [2.75, 3.05) is 25.2 Å². The number of pyridine rings is 1. The van der Waals surface area contributed by atoms with Crippen LogP contribution in [0.25, 0.3) is 0 Å². The zero-order valence-corrected chi connectivity index (χ0v) is 11.6. The SMILES string of the molecule is CNc1cccc(C(=O)NCC2(SC)CCC2)n1. The van der Waals surface area contributed by atoms with Gasteiger partial charge in [-0.2, -0.15) is 11.8 Å². The van der Waals surface area contributed by atoms with Crippen LogP contribution in [0.4, 0.5) is 5.82 Å². The lowest BCUT2D eigenvalue weighted by molar-refractivity contribution is 0.0939. The number of thioether (sulfide) groups is 1.